The Morgan fingerprint density at radius 3 is 2.30 bits per heavy atom. The van der Waals surface area contributed by atoms with Gasteiger partial charge in [0.1, 0.15) is 5.82 Å². The van der Waals surface area contributed by atoms with Crippen molar-refractivity contribution < 1.29 is 4.74 Å². The molecule has 0 saturated heterocycles. The van der Waals surface area contributed by atoms with Gasteiger partial charge in [-0.25, -0.2) is 0 Å². The molecule has 6 heteroatoms. The Hall–Kier alpha value is -2.13. The molecule has 2 N–H and O–H groups in total. The van der Waals surface area contributed by atoms with E-state index < -0.39 is 0 Å². The number of hydrogen-bond acceptors (Lipinski definition) is 5. The second kappa shape index (κ2) is 7.46. The molecule has 0 fully saturated rings. The van der Waals surface area contributed by atoms with Crippen molar-refractivity contribution in [3.63, 3.8) is 0 Å². The van der Waals surface area contributed by atoms with Gasteiger partial charge in [-0.1, -0.05) is 26.0 Å². The van der Waals surface area contributed by atoms with Crippen LogP contribution in [0.3, 0.4) is 0 Å². The standard InChI is InChI=1S/C12H9BrN4O.C2H6/c1-18-12-16-10(9(13)11(15)17-12)8-4-2-7(6-14)3-5-8;1-2/h2-5H,1H3,(H2,15,16,17);1-2H3. The van der Waals surface area contributed by atoms with Crippen LogP contribution < -0.4 is 10.5 Å². The zero-order chi connectivity index (χ0) is 15.1. The molecule has 0 bridgehead atoms. The smallest absolute Gasteiger partial charge is 0.318 e. The van der Waals surface area contributed by atoms with Gasteiger partial charge in [-0.3, -0.25) is 0 Å². The third-order valence-electron chi connectivity index (χ3n) is 2.33. The van der Waals surface area contributed by atoms with Gasteiger partial charge >= 0.3 is 6.01 Å². The summed E-state index contributed by atoms with van der Waals surface area (Å²) in [5.41, 5.74) is 7.80. The van der Waals surface area contributed by atoms with Crippen molar-refractivity contribution in [3.05, 3.63) is 34.3 Å². The van der Waals surface area contributed by atoms with E-state index in [4.69, 9.17) is 15.7 Å². The molecule has 2 rings (SSSR count). The third-order valence-corrected chi connectivity index (χ3v) is 3.11. The van der Waals surface area contributed by atoms with Crippen LogP contribution in [0.1, 0.15) is 19.4 Å². The summed E-state index contributed by atoms with van der Waals surface area (Å²) < 4.78 is 5.59. The van der Waals surface area contributed by atoms with E-state index in [1.54, 1.807) is 24.3 Å². The summed E-state index contributed by atoms with van der Waals surface area (Å²) in [6.45, 7) is 4.00. The average Bonchev–Trinajstić information content (AvgIpc) is 2.52. The fourth-order valence-corrected chi connectivity index (χ4v) is 1.83. The molecular weight excluding hydrogens is 320 g/mol. The van der Waals surface area contributed by atoms with Crippen molar-refractivity contribution in [2.75, 3.05) is 12.8 Å². The summed E-state index contributed by atoms with van der Waals surface area (Å²) >= 11 is 3.35. The van der Waals surface area contributed by atoms with E-state index in [0.29, 0.717) is 21.5 Å². The Morgan fingerprint density at radius 1 is 1.20 bits per heavy atom. The minimum atomic E-state index is 0.204. The molecule has 0 radical (unpaired) electrons. The molecule has 2 aromatic rings. The number of nitriles is 1. The molecule has 0 spiro atoms. The van der Waals surface area contributed by atoms with Gasteiger partial charge < -0.3 is 10.5 Å². The Bertz CT molecular complexity index is 620. The fraction of sp³-hybridized carbons (Fsp3) is 0.214. The van der Waals surface area contributed by atoms with Gasteiger partial charge in [0, 0.05) is 5.56 Å². The van der Waals surface area contributed by atoms with Crippen molar-refractivity contribution in [3.8, 4) is 23.3 Å². The van der Waals surface area contributed by atoms with Crippen LogP contribution in [0.25, 0.3) is 11.3 Å². The lowest BCUT2D eigenvalue weighted by molar-refractivity contribution is 0.381. The van der Waals surface area contributed by atoms with E-state index >= 15 is 0 Å². The average molecular weight is 335 g/mol. The maximum atomic E-state index is 8.76. The molecule has 104 valence electrons. The number of rotatable bonds is 2. The number of nitrogen functional groups attached to an aromatic ring is 1. The molecule has 0 amide bonds. The zero-order valence-electron chi connectivity index (χ0n) is 11.5. The molecule has 1 heterocycles. The Labute approximate surface area is 126 Å². The first-order valence-corrected chi connectivity index (χ1v) is 6.82. The highest BCUT2D eigenvalue weighted by Crippen LogP contribution is 2.31. The highest BCUT2D eigenvalue weighted by Gasteiger charge is 2.12. The number of anilines is 1. The second-order valence-corrected chi connectivity index (χ2v) is 4.24. The molecular formula is C14H15BrN4O. The van der Waals surface area contributed by atoms with Crippen molar-refractivity contribution in [2.24, 2.45) is 0 Å². The van der Waals surface area contributed by atoms with E-state index in [9.17, 15) is 0 Å². The molecule has 0 unspecified atom stereocenters. The number of methoxy groups -OCH3 is 1. The summed E-state index contributed by atoms with van der Waals surface area (Å²) in [6.07, 6.45) is 0. The van der Waals surface area contributed by atoms with Crippen molar-refractivity contribution in [2.45, 2.75) is 13.8 Å². The summed E-state index contributed by atoms with van der Waals surface area (Å²) in [5.74, 6) is 0.307. The van der Waals surface area contributed by atoms with Crippen LogP contribution >= 0.6 is 15.9 Å². The van der Waals surface area contributed by atoms with E-state index in [1.807, 2.05) is 13.8 Å². The summed E-state index contributed by atoms with van der Waals surface area (Å²) in [6, 6.07) is 9.29. The zero-order valence-corrected chi connectivity index (χ0v) is 13.1. The maximum absolute atomic E-state index is 8.76. The molecule has 0 atom stereocenters. The van der Waals surface area contributed by atoms with E-state index in [-0.39, 0.29) is 6.01 Å². The summed E-state index contributed by atoms with van der Waals surface area (Å²) in [5, 5.41) is 8.76. The summed E-state index contributed by atoms with van der Waals surface area (Å²) in [4.78, 5) is 8.19. The van der Waals surface area contributed by atoms with Gasteiger partial charge in [0.15, 0.2) is 0 Å². The molecule has 5 nitrogen and oxygen atoms in total. The lowest BCUT2D eigenvalue weighted by Crippen LogP contribution is -2.00. The Kier molecular flexibility index (Phi) is 5.94. The number of benzene rings is 1. The fourth-order valence-electron chi connectivity index (χ4n) is 1.43. The molecule has 1 aromatic heterocycles. The van der Waals surface area contributed by atoms with Crippen LogP contribution in [0.5, 0.6) is 6.01 Å². The van der Waals surface area contributed by atoms with E-state index in [2.05, 4.69) is 32.0 Å². The predicted octanol–water partition coefficient (Wildman–Crippen LogP) is 3.39. The van der Waals surface area contributed by atoms with Crippen LogP contribution in [0.4, 0.5) is 5.82 Å². The van der Waals surface area contributed by atoms with Gasteiger partial charge in [0.05, 0.1) is 28.9 Å². The van der Waals surface area contributed by atoms with Gasteiger partial charge in [0.2, 0.25) is 0 Å². The third kappa shape index (κ3) is 3.45. The largest absolute Gasteiger partial charge is 0.467 e. The van der Waals surface area contributed by atoms with Crippen molar-refractivity contribution in [1.82, 2.24) is 9.97 Å². The molecule has 0 saturated carbocycles. The number of halogens is 1. The Morgan fingerprint density at radius 2 is 1.80 bits per heavy atom. The number of aromatic nitrogens is 2. The van der Waals surface area contributed by atoms with E-state index in [1.165, 1.54) is 7.11 Å². The van der Waals surface area contributed by atoms with E-state index in [0.717, 1.165) is 5.56 Å². The molecule has 0 aliphatic carbocycles. The Balaban J connectivity index is 0.000000956. The first kappa shape index (κ1) is 15.9. The van der Waals surface area contributed by atoms with Gasteiger partial charge in [-0.2, -0.15) is 15.2 Å². The highest BCUT2D eigenvalue weighted by molar-refractivity contribution is 9.10. The quantitative estimate of drug-likeness (QED) is 0.909. The van der Waals surface area contributed by atoms with Crippen LogP contribution in [0.2, 0.25) is 0 Å². The lowest BCUT2D eigenvalue weighted by Gasteiger charge is -2.08. The van der Waals surface area contributed by atoms with Crippen molar-refractivity contribution in [1.29, 1.82) is 5.26 Å². The van der Waals surface area contributed by atoms with Crippen LogP contribution in [-0.4, -0.2) is 17.1 Å². The van der Waals surface area contributed by atoms with Crippen LogP contribution in [0.15, 0.2) is 28.7 Å². The van der Waals surface area contributed by atoms with Crippen LogP contribution in [-0.2, 0) is 0 Å². The first-order chi connectivity index (χ1) is 9.65. The van der Waals surface area contributed by atoms with Gasteiger partial charge in [-0.05, 0) is 28.1 Å². The highest BCUT2D eigenvalue weighted by atomic mass is 79.9. The van der Waals surface area contributed by atoms with Gasteiger partial charge in [-0.15, -0.1) is 0 Å². The monoisotopic (exact) mass is 334 g/mol. The minimum Gasteiger partial charge on any atom is -0.467 e. The minimum absolute atomic E-state index is 0.204. The molecule has 0 aliphatic heterocycles. The first-order valence-electron chi connectivity index (χ1n) is 6.03. The predicted molar refractivity (Wildman–Crippen MR) is 82.2 cm³/mol. The molecule has 20 heavy (non-hydrogen) atoms. The topological polar surface area (TPSA) is 84.8 Å². The maximum Gasteiger partial charge on any atom is 0.318 e. The van der Waals surface area contributed by atoms with Crippen molar-refractivity contribution >= 4 is 21.7 Å². The number of hydrogen-bond donors (Lipinski definition) is 1. The van der Waals surface area contributed by atoms with Gasteiger partial charge in [0.25, 0.3) is 0 Å². The normalized spacial score (nSPS) is 9.15. The van der Waals surface area contributed by atoms with Crippen LogP contribution in [0, 0.1) is 11.3 Å². The lowest BCUT2D eigenvalue weighted by atomic mass is 10.1. The number of ether oxygens (including phenoxy) is 1. The number of nitrogens with zero attached hydrogens (tertiary/aromatic N) is 3. The SMILES string of the molecule is CC.COc1nc(N)c(Br)c(-c2ccc(C#N)cc2)n1. The summed E-state index contributed by atoms with van der Waals surface area (Å²) in [7, 11) is 1.48. The molecule has 1 aromatic carbocycles. The molecule has 0 aliphatic rings. The second-order valence-electron chi connectivity index (χ2n) is 3.45. The number of nitrogens with two attached hydrogens (primary N) is 1.